The highest BCUT2D eigenvalue weighted by molar-refractivity contribution is 6.08. The highest BCUT2D eigenvalue weighted by atomic mass is 16.2. The van der Waals surface area contributed by atoms with Crippen molar-refractivity contribution in [2.75, 3.05) is 11.9 Å². The van der Waals surface area contributed by atoms with Gasteiger partial charge in [0.15, 0.2) is 5.69 Å². The number of hydrogen-bond donors (Lipinski definition) is 2. The lowest BCUT2D eigenvalue weighted by Crippen LogP contribution is -2.25. The van der Waals surface area contributed by atoms with Crippen molar-refractivity contribution in [3.05, 3.63) is 90.3 Å². The van der Waals surface area contributed by atoms with Gasteiger partial charge in [0.25, 0.3) is 11.8 Å². The maximum absolute atomic E-state index is 12.5. The zero-order valence-corrected chi connectivity index (χ0v) is 14.6. The number of nitrogens with zero attached hydrogens (tertiary/aromatic N) is 3. The van der Waals surface area contributed by atoms with E-state index in [-0.39, 0.29) is 11.6 Å². The van der Waals surface area contributed by atoms with Crippen LogP contribution in [0.2, 0.25) is 0 Å². The van der Waals surface area contributed by atoms with Gasteiger partial charge < -0.3 is 10.6 Å². The Morgan fingerprint density at radius 1 is 1.04 bits per heavy atom. The summed E-state index contributed by atoms with van der Waals surface area (Å²) in [6.45, 7) is 4.42. The Balaban J connectivity index is 1.71. The van der Waals surface area contributed by atoms with Crippen LogP contribution in [-0.4, -0.2) is 33.4 Å². The van der Waals surface area contributed by atoms with Gasteiger partial charge in [-0.1, -0.05) is 53.8 Å². The molecule has 2 N–H and O–H groups in total. The van der Waals surface area contributed by atoms with E-state index in [9.17, 15) is 9.59 Å². The Morgan fingerprint density at radius 3 is 2.56 bits per heavy atom. The third-order valence-electron chi connectivity index (χ3n) is 3.79. The van der Waals surface area contributed by atoms with Crippen molar-refractivity contribution >= 4 is 17.5 Å². The number of benzene rings is 2. The summed E-state index contributed by atoms with van der Waals surface area (Å²) < 4.78 is 1.59. The second-order valence-electron chi connectivity index (χ2n) is 5.79. The fourth-order valence-corrected chi connectivity index (χ4v) is 2.49. The van der Waals surface area contributed by atoms with E-state index in [2.05, 4.69) is 27.5 Å². The van der Waals surface area contributed by atoms with Crippen LogP contribution in [0.25, 0.3) is 0 Å². The number of carbonyl (C=O) groups excluding carboxylic acids is 2. The first-order valence-corrected chi connectivity index (χ1v) is 8.41. The van der Waals surface area contributed by atoms with Gasteiger partial charge in [0.1, 0.15) is 0 Å². The van der Waals surface area contributed by atoms with Crippen LogP contribution in [0.15, 0.2) is 73.4 Å². The van der Waals surface area contributed by atoms with E-state index in [0.717, 1.165) is 5.56 Å². The third kappa shape index (κ3) is 4.66. The molecule has 136 valence electrons. The average molecular weight is 361 g/mol. The minimum atomic E-state index is -0.432. The van der Waals surface area contributed by atoms with E-state index in [1.165, 1.54) is 0 Å². The van der Waals surface area contributed by atoms with Gasteiger partial charge in [0.2, 0.25) is 0 Å². The first kappa shape index (κ1) is 18.1. The monoisotopic (exact) mass is 361 g/mol. The summed E-state index contributed by atoms with van der Waals surface area (Å²) >= 11 is 0. The fraction of sp³-hybridized carbons (Fsp3) is 0.100. The van der Waals surface area contributed by atoms with Gasteiger partial charge in [-0.25, -0.2) is 4.68 Å². The molecule has 7 nitrogen and oxygen atoms in total. The van der Waals surface area contributed by atoms with Crippen molar-refractivity contribution in [1.82, 2.24) is 20.3 Å². The topological polar surface area (TPSA) is 88.9 Å². The minimum absolute atomic E-state index is 0.173. The molecule has 0 aliphatic carbocycles. The molecule has 0 atom stereocenters. The Kier molecular flexibility index (Phi) is 5.73. The molecule has 2 amide bonds. The number of hydrogen-bond acceptors (Lipinski definition) is 4. The van der Waals surface area contributed by atoms with E-state index in [1.807, 2.05) is 30.3 Å². The molecule has 0 spiro atoms. The average Bonchev–Trinajstić information content (AvgIpc) is 3.16. The van der Waals surface area contributed by atoms with Gasteiger partial charge in [-0.05, 0) is 17.7 Å². The molecule has 0 unspecified atom stereocenters. The molecule has 0 aliphatic rings. The van der Waals surface area contributed by atoms with E-state index in [1.54, 1.807) is 41.2 Å². The molecule has 0 saturated carbocycles. The van der Waals surface area contributed by atoms with Crippen molar-refractivity contribution in [3.8, 4) is 0 Å². The molecule has 27 heavy (non-hydrogen) atoms. The molecule has 1 aromatic heterocycles. The lowest BCUT2D eigenvalue weighted by molar-refractivity contribution is 0.0959. The Hall–Kier alpha value is -3.74. The van der Waals surface area contributed by atoms with E-state index in [4.69, 9.17) is 0 Å². The highest BCUT2D eigenvalue weighted by Crippen LogP contribution is 2.16. The summed E-state index contributed by atoms with van der Waals surface area (Å²) in [5.74, 6) is -0.725. The van der Waals surface area contributed by atoms with Crippen molar-refractivity contribution < 1.29 is 9.59 Å². The van der Waals surface area contributed by atoms with E-state index < -0.39 is 5.91 Å². The maximum atomic E-state index is 12.5. The van der Waals surface area contributed by atoms with Crippen LogP contribution in [0.3, 0.4) is 0 Å². The van der Waals surface area contributed by atoms with Gasteiger partial charge in [-0.15, -0.1) is 11.7 Å². The number of amides is 2. The van der Waals surface area contributed by atoms with Crippen molar-refractivity contribution in [2.45, 2.75) is 6.54 Å². The van der Waals surface area contributed by atoms with Crippen molar-refractivity contribution in [1.29, 1.82) is 0 Å². The normalized spacial score (nSPS) is 10.2. The standard InChI is InChI=1S/C20H19N5O2/c1-2-12-21-19(26)16-10-6-7-11-17(16)22-20(27)18-14-25(24-23-18)13-15-8-4-3-5-9-15/h2-11,14H,1,12-13H2,(H,21,26)(H,22,27). The summed E-state index contributed by atoms with van der Waals surface area (Å²) in [5, 5.41) is 13.3. The second kappa shape index (κ2) is 8.57. The highest BCUT2D eigenvalue weighted by Gasteiger charge is 2.16. The molecule has 3 rings (SSSR count). The van der Waals surface area contributed by atoms with Crippen LogP contribution in [-0.2, 0) is 6.54 Å². The van der Waals surface area contributed by atoms with Gasteiger partial charge in [0, 0.05) is 6.54 Å². The van der Waals surface area contributed by atoms with E-state index >= 15 is 0 Å². The van der Waals surface area contributed by atoms with Crippen molar-refractivity contribution in [3.63, 3.8) is 0 Å². The Morgan fingerprint density at radius 2 is 1.78 bits per heavy atom. The predicted molar refractivity (Wildman–Crippen MR) is 102 cm³/mol. The zero-order chi connectivity index (χ0) is 19.1. The number of nitrogens with one attached hydrogen (secondary N) is 2. The SMILES string of the molecule is C=CCNC(=O)c1ccccc1NC(=O)c1cn(Cc2ccccc2)nn1. The molecule has 2 aromatic carbocycles. The third-order valence-corrected chi connectivity index (χ3v) is 3.79. The maximum Gasteiger partial charge on any atom is 0.277 e. The first-order chi connectivity index (χ1) is 13.2. The molecule has 0 aliphatic heterocycles. The molecule has 0 fully saturated rings. The van der Waals surface area contributed by atoms with E-state index in [0.29, 0.717) is 24.3 Å². The molecule has 7 heteroatoms. The quantitative estimate of drug-likeness (QED) is 0.633. The van der Waals surface area contributed by atoms with Crippen molar-refractivity contribution in [2.24, 2.45) is 0 Å². The summed E-state index contributed by atoms with van der Waals surface area (Å²) in [7, 11) is 0. The molecular formula is C20H19N5O2. The second-order valence-corrected chi connectivity index (χ2v) is 5.79. The zero-order valence-electron chi connectivity index (χ0n) is 14.6. The van der Waals surface area contributed by atoms with Gasteiger partial charge in [0.05, 0.1) is 24.0 Å². The largest absolute Gasteiger partial charge is 0.349 e. The smallest absolute Gasteiger partial charge is 0.277 e. The summed E-state index contributed by atoms with van der Waals surface area (Å²) in [6, 6.07) is 16.5. The van der Waals surface area contributed by atoms with Crippen LogP contribution < -0.4 is 10.6 Å². The lowest BCUT2D eigenvalue weighted by atomic mass is 10.1. The minimum Gasteiger partial charge on any atom is -0.349 e. The number of rotatable bonds is 7. The van der Waals surface area contributed by atoms with Crippen LogP contribution >= 0.6 is 0 Å². The summed E-state index contributed by atoms with van der Waals surface area (Å²) in [5.41, 5.74) is 2.00. The van der Waals surface area contributed by atoms with Crippen LogP contribution in [0, 0.1) is 0 Å². The molecule has 0 radical (unpaired) electrons. The number of para-hydroxylation sites is 1. The van der Waals surface area contributed by atoms with Gasteiger partial charge in [-0.2, -0.15) is 0 Å². The number of aromatic nitrogens is 3. The van der Waals surface area contributed by atoms with Crippen LogP contribution in [0.5, 0.6) is 0 Å². The Labute approximate surface area is 156 Å². The van der Waals surface area contributed by atoms with Crippen LogP contribution in [0.4, 0.5) is 5.69 Å². The lowest BCUT2D eigenvalue weighted by Gasteiger charge is -2.09. The van der Waals surface area contributed by atoms with Crippen LogP contribution in [0.1, 0.15) is 26.4 Å². The van der Waals surface area contributed by atoms with Gasteiger partial charge in [-0.3, -0.25) is 9.59 Å². The summed E-state index contributed by atoms with van der Waals surface area (Å²) in [4.78, 5) is 24.7. The Bertz CT molecular complexity index is 950. The molecule has 3 aromatic rings. The van der Waals surface area contributed by atoms with Gasteiger partial charge >= 0.3 is 0 Å². The molecule has 1 heterocycles. The fourth-order valence-electron chi connectivity index (χ4n) is 2.49. The first-order valence-electron chi connectivity index (χ1n) is 8.41. The molecule has 0 saturated heterocycles. The number of carbonyl (C=O) groups is 2. The summed E-state index contributed by atoms with van der Waals surface area (Å²) in [6.07, 6.45) is 3.16. The molecular weight excluding hydrogens is 342 g/mol. The molecule has 0 bridgehead atoms. The number of anilines is 1. The predicted octanol–water partition coefficient (Wildman–Crippen LogP) is 2.49.